The lowest BCUT2D eigenvalue weighted by molar-refractivity contribution is -0.150. The molecule has 0 aromatic carbocycles. The maximum absolute atomic E-state index is 11.6. The van der Waals surface area contributed by atoms with Crippen LogP contribution in [0.3, 0.4) is 0 Å². The van der Waals surface area contributed by atoms with Crippen LogP contribution in [0.2, 0.25) is 0 Å². The van der Waals surface area contributed by atoms with Gasteiger partial charge in [0, 0.05) is 0 Å². The highest BCUT2D eigenvalue weighted by Gasteiger charge is 2.28. The minimum atomic E-state index is -0.175. The molecule has 0 aromatic heterocycles. The molecule has 0 spiro atoms. The van der Waals surface area contributed by atoms with Crippen LogP contribution in [-0.4, -0.2) is 49.7 Å². The topological polar surface area (TPSA) is 65.0 Å². The molecule has 0 fully saturated rings. The van der Waals surface area contributed by atoms with Gasteiger partial charge < -0.3 is 19.3 Å². The van der Waals surface area contributed by atoms with Crippen molar-refractivity contribution in [2.24, 2.45) is 23.7 Å². The number of hydrogen-bond donors (Lipinski definition) is 1. The minimum Gasteiger partial charge on any atom is -0.463 e. The van der Waals surface area contributed by atoms with Gasteiger partial charge in [-0.1, -0.05) is 61.3 Å². The Kier molecular flexibility index (Phi) is 14.9. The van der Waals surface area contributed by atoms with Gasteiger partial charge in [0.25, 0.3) is 0 Å². The van der Waals surface area contributed by atoms with Crippen molar-refractivity contribution >= 4 is 5.97 Å². The van der Waals surface area contributed by atoms with Crippen molar-refractivity contribution in [1.82, 2.24) is 0 Å². The molecular weight excluding hydrogens is 344 g/mol. The van der Waals surface area contributed by atoms with Crippen molar-refractivity contribution in [2.45, 2.75) is 86.4 Å². The molecule has 0 aromatic rings. The van der Waals surface area contributed by atoms with Crippen LogP contribution in [0, 0.1) is 23.7 Å². The van der Waals surface area contributed by atoms with Gasteiger partial charge in [0.1, 0.15) is 6.61 Å². The molecule has 5 nitrogen and oxygen atoms in total. The third kappa shape index (κ3) is 11.1. The summed E-state index contributed by atoms with van der Waals surface area (Å²) in [5.41, 5.74) is 0. The largest absolute Gasteiger partial charge is 0.463 e. The van der Waals surface area contributed by atoms with Crippen LogP contribution in [0.4, 0.5) is 0 Å². The molecule has 27 heavy (non-hydrogen) atoms. The average Bonchev–Trinajstić information content (AvgIpc) is 2.63. The zero-order chi connectivity index (χ0) is 20.8. The number of hydrogen-bond acceptors (Lipinski definition) is 5. The van der Waals surface area contributed by atoms with Crippen molar-refractivity contribution < 1.29 is 24.1 Å². The zero-order valence-electron chi connectivity index (χ0n) is 18.7. The summed E-state index contributed by atoms with van der Waals surface area (Å²) < 4.78 is 17.2. The average molecular weight is 389 g/mol. The monoisotopic (exact) mass is 388 g/mol. The summed E-state index contributed by atoms with van der Waals surface area (Å²) >= 11 is 0. The van der Waals surface area contributed by atoms with E-state index in [9.17, 15) is 4.79 Å². The van der Waals surface area contributed by atoms with Crippen LogP contribution < -0.4 is 0 Å². The number of aliphatic hydroxyl groups excluding tert-OH is 1. The quantitative estimate of drug-likeness (QED) is 0.312. The molecule has 0 heterocycles. The van der Waals surface area contributed by atoms with Gasteiger partial charge in [-0.05, 0) is 30.6 Å². The molecule has 0 saturated heterocycles. The number of aliphatic hydroxyl groups is 1. The fraction of sp³-hybridized carbons (Fsp3) is 0.955. The molecule has 0 aliphatic rings. The first-order valence-electron chi connectivity index (χ1n) is 10.8. The minimum absolute atomic E-state index is 0.0617. The van der Waals surface area contributed by atoms with Crippen LogP contribution in [0.1, 0.15) is 74.1 Å². The Morgan fingerprint density at radius 2 is 1.56 bits per heavy atom. The number of carbonyl (C=O) groups excluding carboxylic acids is 1. The molecule has 4 atom stereocenters. The third-order valence-electron chi connectivity index (χ3n) is 5.26. The summed E-state index contributed by atoms with van der Waals surface area (Å²) in [4.78, 5) is 11.6. The molecule has 0 rings (SSSR count). The van der Waals surface area contributed by atoms with E-state index in [2.05, 4.69) is 34.6 Å². The molecule has 162 valence electrons. The lowest BCUT2D eigenvalue weighted by Gasteiger charge is -2.34. The van der Waals surface area contributed by atoms with E-state index in [1.807, 2.05) is 13.8 Å². The van der Waals surface area contributed by atoms with Crippen molar-refractivity contribution in [3.63, 3.8) is 0 Å². The van der Waals surface area contributed by atoms with Crippen molar-refractivity contribution in [1.29, 1.82) is 0 Å². The first-order valence-corrected chi connectivity index (χ1v) is 10.8. The standard InChI is InChI=1S/C22H44O5/c1-8-10-20(26-13-14-27-22(24)17(5)6)18(7)19(9-2)15-21(16(3)4)25-12-11-23/h16-21,23H,8-15H2,1-7H3. The van der Waals surface area contributed by atoms with Gasteiger partial charge in [0.15, 0.2) is 0 Å². The SMILES string of the molecule is CCCC(OCCOC(=O)C(C)C)C(C)C(CC)CC(OCCO)C(C)C. The molecule has 4 unspecified atom stereocenters. The van der Waals surface area contributed by atoms with E-state index in [0.717, 1.165) is 25.7 Å². The first-order chi connectivity index (χ1) is 12.8. The van der Waals surface area contributed by atoms with Gasteiger partial charge in [-0.2, -0.15) is 0 Å². The molecule has 0 radical (unpaired) electrons. The van der Waals surface area contributed by atoms with Gasteiger partial charge in [0.2, 0.25) is 0 Å². The molecule has 5 heteroatoms. The second-order valence-electron chi connectivity index (χ2n) is 8.16. The fourth-order valence-electron chi connectivity index (χ4n) is 3.38. The smallest absolute Gasteiger partial charge is 0.308 e. The summed E-state index contributed by atoms with van der Waals surface area (Å²) in [6.45, 7) is 15.9. The molecule has 0 amide bonds. The van der Waals surface area contributed by atoms with Crippen LogP contribution in [0.25, 0.3) is 0 Å². The highest BCUT2D eigenvalue weighted by molar-refractivity contribution is 5.71. The van der Waals surface area contributed by atoms with Gasteiger partial charge >= 0.3 is 5.97 Å². The van der Waals surface area contributed by atoms with Crippen molar-refractivity contribution in [2.75, 3.05) is 26.4 Å². The molecule has 0 saturated carbocycles. The molecule has 0 bridgehead atoms. The second-order valence-corrected chi connectivity index (χ2v) is 8.16. The summed E-state index contributed by atoms with van der Waals surface area (Å²) in [7, 11) is 0. The molecule has 0 aliphatic carbocycles. The lowest BCUT2D eigenvalue weighted by Crippen LogP contribution is -2.33. The number of carbonyl (C=O) groups is 1. The maximum atomic E-state index is 11.6. The number of rotatable bonds is 16. The van der Waals surface area contributed by atoms with Gasteiger partial charge in [-0.15, -0.1) is 0 Å². The van der Waals surface area contributed by atoms with Gasteiger partial charge in [-0.25, -0.2) is 0 Å². The summed E-state index contributed by atoms with van der Waals surface area (Å²) in [6.07, 6.45) is 4.41. The van der Waals surface area contributed by atoms with Crippen molar-refractivity contribution in [3.05, 3.63) is 0 Å². The third-order valence-corrected chi connectivity index (χ3v) is 5.26. The van der Waals surface area contributed by atoms with E-state index in [-0.39, 0.29) is 30.7 Å². The maximum Gasteiger partial charge on any atom is 0.308 e. The van der Waals surface area contributed by atoms with Crippen LogP contribution in [-0.2, 0) is 19.0 Å². The number of esters is 1. The first kappa shape index (κ1) is 26.4. The van der Waals surface area contributed by atoms with E-state index in [4.69, 9.17) is 19.3 Å². The van der Waals surface area contributed by atoms with Crippen molar-refractivity contribution in [3.8, 4) is 0 Å². The fourth-order valence-corrected chi connectivity index (χ4v) is 3.38. The van der Waals surface area contributed by atoms with E-state index in [0.29, 0.717) is 37.6 Å². The summed E-state index contributed by atoms with van der Waals surface area (Å²) in [5, 5.41) is 9.07. The molecule has 1 N–H and O–H groups in total. The predicted octanol–water partition coefficient (Wildman–Crippen LogP) is 4.46. The zero-order valence-corrected chi connectivity index (χ0v) is 18.7. The van der Waals surface area contributed by atoms with E-state index in [1.165, 1.54) is 0 Å². The van der Waals surface area contributed by atoms with Gasteiger partial charge in [-0.3, -0.25) is 4.79 Å². The second kappa shape index (κ2) is 15.3. The predicted molar refractivity (Wildman–Crippen MR) is 110 cm³/mol. The Bertz CT molecular complexity index is 370. The highest BCUT2D eigenvalue weighted by Crippen LogP contribution is 2.30. The van der Waals surface area contributed by atoms with E-state index >= 15 is 0 Å². The van der Waals surface area contributed by atoms with Gasteiger partial charge in [0.05, 0.1) is 37.9 Å². The molecular formula is C22H44O5. The molecule has 0 aliphatic heterocycles. The van der Waals surface area contributed by atoms with Crippen LogP contribution in [0.5, 0.6) is 0 Å². The van der Waals surface area contributed by atoms with E-state index < -0.39 is 0 Å². The Hall–Kier alpha value is -0.650. The highest BCUT2D eigenvalue weighted by atomic mass is 16.6. The van der Waals surface area contributed by atoms with E-state index in [1.54, 1.807) is 0 Å². The lowest BCUT2D eigenvalue weighted by atomic mass is 9.80. The van der Waals surface area contributed by atoms with Crippen LogP contribution >= 0.6 is 0 Å². The van der Waals surface area contributed by atoms with Crippen LogP contribution in [0.15, 0.2) is 0 Å². The number of ether oxygens (including phenoxy) is 3. The Morgan fingerprint density at radius 1 is 0.926 bits per heavy atom. The Labute approximate surface area is 167 Å². The summed E-state index contributed by atoms with van der Waals surface area (Å²) in [6, 6.07) is 0. The Morgan fingerprint density at radius 3 is 2.04 bits per heavy atom. The normalized spacial score (nSPS) is 16.4. The summed E-state index contributed by atoms with van der Waals surface area (Å²) in [5.74, 6) is 1.03. The Balaban J connectivity index is 4.71.